The van der Waals surface area contributed by atoms with E-state index in [1.165, 1.54) is 31.3 Å². The molecule has 0 radical (unpaired) electrons. The highest BCUT2D eigenvalue weighted by Gasteiger charge is 2.59. The zero-order valence-electron chi connectivity index (χ0n) is 39.0. The second-order valence-corrected chi connectivity index (χ2v) is 20.0. The first-order valence-corrected chi connectivity index (χ1v) is 24.7. The normalized spacial score (nSPS) is 30.3. The van der Waals surface area contributed by atoms with Gasteiger partial charge in [-0.15, -0.1) is 0 Å². The number of carbonyl (C=O) groups excluding carboxylic acids is 2. The number of allylic oxidation sites excluding steroid dienone is 4. The Morgan fingerprint density at radius 2 is 1.90 bits per heavy atom. The van der Waals surface area contributed by atoms with E-state index < -0.39 is 48.7 Å². The van der Waals surface area contributed by atoms with Gasteiger partial charge in [0.05, 0.1) is 55.2 Å². The van der Waals surface area contributed by atoms with Crippen molar-refractivity contribution in [2.24, 2.45) is 10.9 Å². The Hall–Kier alpha value is -6.18. The zero-order valence-corrected chi connectivity index (χ0v) is 39.0. The number of aliphatic hydroxyl groups is 3. The van der Waals surface area contributed by atoms with E-state index in [1.807, 2.05) is 30.4 Å². The largest absolute Gasteiger partial charge is 0.506 e. The molecule has 12 rings (SSSR count). The van der Waals surface area contributed by atoms with Crippen molar-refractivity contribution in [3.63, 3.8) is 0 Å². The summed E-state index contributed by atoms with van der Waals surface area (Å²) in [6.07, 6.45) is 20.2. The summed E-state index contributed by atoms with van der Waals surface area (Å²) in [6.45, 7) is -0.695. The molecule has 2 saturated carbocycles. The predicted octanol–water partition coefficient (Wildman–Crippen LogP) is 6.14. The van der Waals surface area contributed by atoms with Crippen molar-refractivity contribution in [2.75, 3.05) is 33.4 Å². The highest BCUT2D eigenvalue weighted by atomic mass is 16.7. The van der Waals surface area contributed by atoms with E-state index in [4.69, 9.17) is 28.7 Å². The number of hydrogen-bond acceptors (Lipinski definition) is 13. The lowest BCUT2D eigenvalue weighted by molar-refractivity contribution is -0.327. The summed E-state index contributed by atoms with van der Waals surface area (Å²) in [6, 6.07) is 7.64. The molecule has 360 valence electrons. The van der Waals surface area contributed by atoms with E-state index in [0.717, 1.165) is 65.6 Å². The van der Waals surface area contributed by atoms with Crippen LogP contribution in [0.3, 0.4) is 0 Å². The molecule has 14 nitrogen and oxygen atoms in total. The number of ketones is 1. The van der Waals surface area contributed by atoms with Crippen molar-refractivity contribution in [3.8, 4) is 29.3 Å². The number of amides is 1. The van der Waals surface area contributed by atoms with E-state index in [-0.39, 0.29) is 66.3 Å². The summed E-state index contributed by atoms with van der Waals surface area (Å²) in [7, 11) is 1.52. The number of Topliss-reactive ketones (excluding diaryl/α,β-unsaturated/α-hetero) is 1. The van der Waals surface area contributed by atoms with E-state index in [2.05, 4.69) is 35.9 Å². The van der Waals surface area contributed by atoms with Gasteiger partial charge in [0, 0.05) is 60.6 Å². The minimum absolute atomic E-state index is 0.0311. The third-order valence-corrected chi connectivity index (χ3v) is 16.0. The van der Waals surface area contributed by atoms with Gasteiger partial charge in [0.25, 0.3) is 5.91 Å². The van der Waals surface area contributed by atoms with Gasteiger partial charge in [0.1, 0.15) is 47.2 Å². The Kier molecular flexibility index (Phi) is 11.5. The summed E-state index contributed by atoms with van der Waals surface area (Å²) < 4.78 is 32.4. The molecule has 3 aromatic carbocycles. The van der Waals surface area contributed by atoms with Gasteiger partial charge < -0.3 is 54.3 Å². The maximum atomic E-state index is 15.2. The fraction of sp³-hybridized carbons (Fsp3) is 0.429. The summed E-state index contributed by atoms with van der Waals surface area (Å²) in [5.41, 5.74) is 4.75. The molecule has 3 fully saturated rings. The number of rotatable bonds is 6. The Bertz CT molecular complexity index is 2970. The van der Waals surface area contributed by atoms with Crippen molar-refractivity contribution in [2.45, 2.75) is 113 Å². The SMILES string of the molecule is COc1cc2c3c(c4c(O)c2c2c1/C=C/[C@H](C1=C5[CH+]C(CNC6CCCCC6)=CC=C5N=C1)OC[C@H]1O[C@H](O2)[C@@](O)(CO)[C@@H](OC#CCc2cccc5c2CN(CC4=O)C5=O)[C@@H]1O)[C@@H]1CCC[C@@H]1C=C3. The smallest absolute Gasteiger partial charge is 0.254 e. The fourth-order valence-corrected chi connectivity index (χ4v) is 12.3. The van der Waals surface area contributed by atoms with E-state index in [9.17, 15) is 25.2 Å². The highest BCUT2D eigenvalue weighted by molar-refractivity contribution is 6.14. The maximum Gasteiger partial charge on any atom is 0.254 e. The third kappa shape index (κ3) is 7.40. The van der Waals surface area contributed by atoms with Gasteiger partial charge in [-0.2, -0.15) is 4.99 Å². The number of aliphatic hydroxyl groups excluding tert-OH is 2. The number of aliphatic imine (C=N–C) groups is 1. The number of nitrogens with one attached hydrogen (secondary N) is 1. The average molecular weight is 947 g/mol. The first-order valence-electron chi connectivity index (χ1n) is 24.7. The molecule has 5 heterocycles. The number of hydrogen-bond donors (Lipinski definition) is 5. The average Bonchev–Trinajstić information content (AvgIpc) is 4.11. The molecular weight excluding hydrogens is 891 g/mol. The summed E-state index contributed by atoms with van der Waals surface area (Å²) in [5.74, 6) is 2.25. The quantitative estimate of drug-likeness (QED) is 0.141. The standard InChI is InChI=1S/C56H55N3O11/c1-66-45-23-39-35-17-16-32-9-5-13-34(32)47(35)49-43(61)27-59-26-41-31(8-6-14-36(41)54(59)64)10-7-21-67-53-50(62)46-28-68-44(20-18-37(45)52(48(39)51(49)63)70-55(69-46)56(53,65)29-60)40-25-58-42-19-15-30(22-38(40)42)24-57-33-11-3-2-4-12-33/h6,8,14-20,22-23,25,32-34,44,46,50,53,55,57,60,62,65H,2-5,9-13,24,26-29H2,1H3/p+1/b20-18+/t32-,34-,44-,46-,50-,53+,55-,56-/m1/s1. The zero-order chi connectivity index (χ0) is 47.8. The Morgan fingerprint density at radius 3 is 2.74 bits per heavy atom. The van der Waals surface area contributed by atoms with Gasteiger partial charge in [-0.1, -0.05) is 55.9 Å². The van der Waals surface area contributed by atoms with Crippen molar-refractivity contribution < 1.29 is 53.7 Å². The van der Waals surface area contributed by atoms with E-state index in [0.29, 0.717) is 46.0 Å². The van der Waals surface area contributed by atoms with Crippen molar-refractivity contribution in [3.05, 3.63) is 116 Å². The van der Waals surface area contributed by atoms with Gasteiger partial charge in [-0.3, -0.25) is 9.59 Å². The second-order valence-electron chi connectivity index (χ2n) is 20.0. The van der Waals surface area contributed by atoms with Gasteiger partial charge >= 0.3 is 0 Å². The second kappa shape index (κ2) is 17.9. The van der Waals surface area contributed by atoms with Gasteiger partial charge in [0.2, 0.25) is 6.29 Å². The molecular formula is C56H56N3O11+. The molecule has 0 unspecified atom stereocenters. The van der Waals surface area contributed by atoms with Crippen LogP contribution in [0.2, 0.25) is 0 Å². The summed E-state index contributed by atoms with van der Waals surface area (Å²) in [4.78, 5) is 35.5. The van der Waals surface area contributed by atoms with Crippen LogP contribution in [0.15, 0.2) is 76.0 Å². The number of aromatic hydroxyl groups is 1. The van der Waals surface area contributed by atoms with Crippen molar-refractivity contribution in [1.29, 1.82) is 0 Å². The van der Waals surface area contributed by atoms with Crippen LogP contribution < -0.4 is 14.8 Å². The molecule has 1 amide bonds. The fourth-order valence-electron chi connectivity index (χ4n) is 12.3. The first kappa shape index (κ1) is 45.0. The maximum absolute atomic E-state index is 15.2. The molecule has 4 aliphatic carbocycles. The van der Waals surface area contributed by atoms with E-state index >= 15 is 4.79 Å². The Morgan fingerprint density at radius 1 is 1.04 bits per heavy atom. The summed E-state index contributed by atoms with van der Waals surface area (Å²) >= 11 is 0. The summed E-state index contributed by atoms with van der Waals surface area (Å²) in [5, 5.41) is 53.4. The Labute approximate surface area is 406 Å². The molecule has 5 aliphatic heterocycles. The highest BCUT2D eigenvalue weighted by Crippen LogP contribution is 2.55. The molecule has 0 aromatic heterocycles. The molecule has 14 heteroatoms. The topological polar surface area (TPSA) is 189 Å². The van der Waals surface area contributed by atoms with Crippen molar-refractivity contribution >= 4 is 40.8 Å². The number of ether oxygens (including phenoxy) is 5. The first-order chi connectivity index (χ1) is 34.1. The van der Waals surface area contributed by atoms with Crippen LogP contribution in [0.5, 0.6) is 17.2 Å². The number of nitrogens with zero attached hydrogens (tertiary/aromatic N) is 2. The molecule has 5 N–H and O–H groups in total. The monoisotopic (exact) mass is 946 g/mol. The van der Waals surface area contributed by atoms with Crippen LogP contribution in [0.1, 0.15) is 106 Å². The lowest BCUT2D eigenvalue weighted by atomic mass is 9.75. The predicted molar refractivity (Wildman–Crippen MR) is 260 cm³/mol. The van der Waals surface area contributed by atoms with E-state index in [1.54, 1.807) is 24.4 Å². The molecule has 3 aromatic rings. The van der Waals surface area contributed by atoms with Crippen molar-refractivity contribution in [1.82, 2.24) is 10.2 Å². The Balaban J connectivity index is 1.05. The number of phenolic OH excluding ortho intramolecular Hbond substituents is 1. The minimum atomic E-state index is -2.46. The van der Waals surface area contributed by atoms with Crippen LogP contribution >= 0.6 is 0 Å². The number of fused-ring (bicyclic) bond motifs is 10. The van der Waals surface area contributed by atoms with Crippen LogP contribution in [-0.2, 0) is 27.2 Å². The molecule has 0 spiro atoms. The number of phenols is 1. The van der Waals surface area contributed by atoms with Crippen LogP contribution in [-0.4, -0.2) is 119 Å². The van der Waals surface area contributed by atoms with Gasteiger partial charge in [-0.05, 0) is 84.1 Å². The van der Waals surface area contributed by atoms with Crippen LogP contribution in [0.4, 0.5) is 0 Å². The third-order valence-electron chi connectivity index (χ3n) is 16.0. The number of methoxy groups -OCH3 is 1. The molecule has 8 atom stereocenters. The molecule has 9 aliphatic rings. The molecule has 70 heavy (non-hydrogen) atoms. The number of benzene rings is 3. The van der Waals surface area contributed by atoms with Gasteiger partial charge in [0.15, 0.2) is 23.2 Å². The molecule has 1 saturated heterocycles. The van der Waals surface area contributed by atoms with Gasteiger partial charge in [-0.25, -0.2) is 0 Å². The number of carbonyl (C=O) groups is 2. The van der Waals surface area contributed by atoms with Crippen LogP contribution in [0.25, 0.3) is 22.9 Å². The molecule has 8 bridgehead atoms. The lowest BCUT2D eigenvalue weighted by Gasteiger charge is -2.47. The lowest BCUT2D eigenvalue weighted by Crippen LogP contribution is -2.70. The minimum Gasteiger partial charge on any atom is -0.506 e. The van der Waals surface area contributed by atoms with Crippen LogP contribution in [0, 0.1) is 24.4 Å².